The summed E-state index contributed by atoms with van der Waals surface area (Å²) in [5.41, 5.74) is 0. The summed E-state index contributed by atoms with van der Waals surface area (Å²) in [5.74, 6) is -1.04. The van der Waals surface area contributed by atoms with Crippen molar-refractivity contribution in [2.24, 2.45) is 0 Å². The molecule has 0 aliphatic carbocycles. The summed E-state index contributed by atoms with van der Waals surface area (Å²) in [5, 5.41) is 11.5. The summed E-state index contributed by atoms with van der Waals surface area (Å²) in [4.78, 5) is 24.0. The highest BCUT2D eigenvalue weighted by atomic mass is 16.5. The maximum absolute atomic E-state index is 11.8. The molecule has 1 unspecified atom stereocenters. The van der Waals surface area contributed by atoms with E-state index in [2.05, 4.69) is 12.2 Å². The van der Waals surface area contributed by atoms with Gasteiger partial charge in [-0.3, -0.25) is 0 Å². The van der Waals surface area contributed by atoms with E-state index in [1.807, 2.05) is 0 Å². The van der Waals surface area contributed by atoms with Gasteiger partial charge in [-0.2, -0.15) is 0 Å². The standard InChI is InChI=1S/C12H22N2O5/c1-2-3-6-18-7-4-13-12(17)14-5-8-19-10(9-14)11(15)16/h10H,2-9H2,1H3,(H,13,17)(H,15,16). The van der Waals surface area contributed by atoms with E-state index in [-0.39, 0.29) is 19.2 Å². The summed E-state index contributed by atoms with van der Waals surface area (Å²) in [7, 11) is 0. The van der Waals surface area contributed by atoms with Crippen LogP contribution in [-0.4, -0.2) is 67.6 Å². The second-order valence-electron chi connectivity index (χ2n) is 4.34. The number of carbonyl (C=O) groups is 2. The van der Waals surface area contributed by atoms with Crippen LogP contribution in [0.1, 0.15) is 19.8 Å². The zero-order chi connectivity index (χ0) is 14.1. The Bertz CT molecular complexity index is 298. The van der Waals surface area contributed by atoms with Gasteiger partial charge in [-0.15, -0.1) is 0 Å². The molecule has 0 spiro atoms. The molecule has 0 aromatic heterocycles. The Morgan fingerprint density at radius 2 is 2.26 bits per heavy atom. The highest BCUT2D eigenvalue weighted by Crippen LogP contribution is 2.05. The van der Waals surface area contributed by atoms with Gasteiger partial charge in [0.05, 0.1) is 19.8 Å². The normalized spacial score (nSPS) is 19.2. The van der Waals surface area contributed by atoms with Crippen LogP contribution < -0.4 is 5.32 Å². The molecule has 7 heteroatoms. The number of nitrogens with zero attached hydrogens (tertiary/aromatic N) is 1. The van der Waals surface area contributed by atoms with Crippen LogP contribution in [0.2, 0.25) is 0 Å². The maximum Gasteiger partial charge on any atom is 0.334 e. The van der Waals surface area contributed by atoms with Crippen molar-refractivity contribution in [3.05, 3.63) is 0 Å². The van der Waals surface area contributed by atoms with E-state index in [0.29, 0.717) is 26.3 Å². The lowest BCUT2D eigenvalue weighted by Crippen LogP contribution is -2.52. The predicted octanol–water partition coefficient (Wildman–Crippen LogP) is 0.298. The molecular formula is C12H22N2O5. The zero-order valence-corrected chi connectivity index (χ0v) is 11.3. The summed E-state index contributed by atoms with van der Waals surface area (Å²) in [6.45, 7) is 4.42. The lowest BCUT2D eigenvalue weighted by molar-refractivity contribution is -0.154. The van der Waals surface area contributed by atoms with Crippen molar-refractivity contribution in [3.63, 3.8) is 0 Å². The molecule has 1 rings (SSSR count). The Morgan fingerprint density at radius 1 is 1.47 bits per heavy atom. The quantitative estimate of drug-likeness (QED) is 0.652. The molecule has 2 N–H and O–H groups in total. The second-order valence-corrected chi connectivity index (χ2v) is 4.34. The Labute approximate surface area is 112 Å². The molecule has 0 aromatic carbocycles. The number of amides is 2. The van der Waals surface area contributed by atoms with Gasteiger partial charge >= 0.3 is 12.0 Å². The SMILES string of the molecule is CCCCOCCNC(=O)N1CCOC(C(=O)O)C1. The first-order chi connectivity index (χ1) is 9.15. The van der Waals surface area contributed by atoms with Crippen molar-refractivity contribution >= 4 is 12.0 Å². The van der Waals surface area contributed by atoms with E-state index >= 15 is 0 Å². The first-order valence-electron chi connectivity index (χ1n) is 6.60. The minimum Gasteiger partial charge on any atom is -0.479 e. The summed E-state index contributed by atoms with van der Waals surface area (Å²) < 4.78 is 10.4. The maximum atomic E-state index is 11.8. The summed E-state index contributed by atoms with van der Waals surface area (Å²) in [6.07, 6.45) is 1.16. The molecule has 19 heavy (non-hydrogen) atoms. The number of hydrogen-bond acceptors (Lipinski definition) is 4. The highest BCUT2D eigenvalue weighted by molar-refractivity contribution is 5.77. The Kier molecular flexibility index (Phi) is 7.20. The first kappa shape index (κ1) is 15.7. The lowest BCUT2D eigenvalue weighted by Gasteiger charge is -2.30. The number of aliphatic carboxylic acids is 1. The number of urea groups is 1. The molecule has 0 radical (unpaired) electrons. The Balaban J connectivity index is 2.16. The van der Waals surface area contributed by atoms with Gasteiger partial charge in [-0.25, -0.2) is 9.59 Å². The van der Waals surface area contributed by atoms with E-state index in [9.17, 15) is 9.59 Å². The van der Waals surface area contributed by atoms with Crippen molar-refractivity contribution in [2.75, 3.05) is 39.5 Å². The monoisotopic (exact) mass is 274 g/mol. The van der Waals surface area contributed by atoms with Crippen LogP contribution in [0, 0.1) is 0 Å². The smallest absolute Gasteiger partial charge is 0.334 e. The molecule has 1 saturated heterocycles. The van der Waals surface area contributed by atoms with Crippen LogP contribution in [0.5, 0.6) is 0 Å². The van der Waals surface area contributed by atoms with Crippen LogP contribution in [0.4, 0.5) is 4.79 Å². The number of unbranched alkanes of at least 4 members (excludes halogenated alkanes) is 1. The van der Waals surface area contributed by atoms with Gasteiger partial charge in [0.25, 0.3) is 0 Å². The number of nitrogens with one attached hydrogen (secondary N) is 1. The van der Waals surface area contributed by atoms with Gasteiger partial charge in [-0.1, -0.05) is 13.3 Å². The Morgan fingerprint density at radius 3 is 2.95 bits per heavy atom. The topological polar surface area (TPSA) is 88.1 Å². The minimum absolute atomic E-state index is 0.0812. The van der Waals surface area contributed by atoms with Crippen molar-refractivity contribution in [1.82, 2.24) is 10.2 Å². The molecule has 0 bridgehead atoms. The van der Waals surface area contributed by atoms with Crippen LogP contribution in [0.3, 0.4) is 0 Å². The first-order valence-corrected chi connectivity index (χ1v) is 6.60. The van der Waals surface area contributed by atoms with Crippen LogP contribution in [0.15, 0.2) is 0 Å². The number of carbonyl (C=O) groups excluding carboxylic acids is 1. The highest BCUT2D eigenvalue weighted by Gasteiger charge is 2.28. The fraction of sp³-hybridized carbons (Fsp3) is 0.833. The average Bonchev–Trinajstić information content (AvgIpc) is 2.42. The van der Waals surface area contributed by atoms with Gasteiger partial charge in [0.1, 0.15) is 0 Å². The van der Waals surface area contributed by atoms with Crippen molar-refractivity contribution in [1.29, 1.82) is 0 Å². The number of ether oxygens (including phenoxy) is 2. The van der Waals surface area contributed by atoms with Crippen LogP contribution in [-0.2, 0) is 14.3 Å². The number of carboxylic acids is 1. The van der Waals surface area contributed by atoms with E-state index in [1.54, 1.807) is 0 Å². The van der Waals surface area contributed by atoms with E-state index < -0.39 is 12.1 Å². The van der Waals surface area contributed by atoms with Crippen molar-refractivity contribution in [2.45, 2.75) is 25.9 Å². The summed E-state index contributed by atoms with van der Waals surface area (Å²) >= 11 is 0. The third-order valence-corrected chi connectivity index (χ3v) is 2.79. The van der Waals surface area contributed by atoms with Crippen LogP contribution in [0.25, 0.3) is 0 Å². The number of carboxylic acid groups (broad SMARTS) is 1. The molecule has 2 amide bonds. The largest absolute Gasteiger partial charge is 0.479 e. The Hall–Kier alpha value is -1.34. The average molecular weight is 274 g/mol. The fourth-order valence-corrected chi connectivity index (χ4v) is 1.67. The fourth-order valence-electron chi connectivity index (χ4n) is 1.67. The molecule has 7 nitrogen and oxygen atoms in total. The molecule has 1 fully saturated rings. The molecule has 0 saturated carbocycles. The van der Waals surface area contributed by atoms with E-state index in [1.165, 1.54) is 4.90 Å². The molecule has 1 aliphatic rings. The lowest BCUT2D eigenvalue weighted by atomic mass is 10.3. The van der Waals surface area contributed by atoms with Gasteiger partial charge in [0.15, 0.2) is 6.10 Å². The molecule has 1 aliphatic heterocycles. The van der Waals surface area contributed by atoms with Gasteiger partial charge in [-0.05, 0) is 6.42 Å². The predicted molar refractivity (Wildman–Crippen MR) is 68.1 cm³/mol. The summed E-state index contributed by atoms with van der Waals surface area (Å²) in [6, 6.07) is -0.270. The van der Waals surface area contributed by atoms with Gasteiger partial charge < -0.3 is 24.8 Å². The van der Waals surface area contributed by atoms with E-state index in [4.69, 9.17) is 14.6 Å². The molecule has 1 heterocycles. The van der Waals surface area contributed by atoms with Crippen molar-refractivity contribution in [3.8, 4) is 0 Å². The molecule has 0 aromatic rings. The van der Waals surface area contributed by atoms with Crippen molar-refractivity contribution < 1.29 is 24.2 Å². The number of hydrogen-bond donors (Lipinski definition) is 2. The second kappa shape index (κ2) is 8.71. The molecule has 110 valence electrons. The van der Waals surface area contributed by atoms with Gasteiger partial charge in [0.2, 0.25) is 0 Å². The minimum atomic E-state index is -1.04. The van der Waals surface area contributed by atoms with Crippen LogP contribution >= 0.6 is 0 Å². The third-order valence-electron chi connectivity index (χ3n) is 2.79. The third kappa shape index (κ3) is 5.89. The molecular weight excluding hydrogens is 252 g/mol. The van der Waals surface area contributed by atoms with Gasteiger partial charge in [0, 0.05) is 19.7 Å². The van der Waals surface area contributed by atoms with E-state index in [0.717, 1.165) is 12.8 Å². The molecule has 1 atom stereocenters. The number of morpholine rings is 1. The zero-order valence-electron chi connectivity index (χ0n) is 11.3. The number of rotatable bonds is 7.